The standard InChI is InChI=1S/C17H14BrNO3S2/c1-12-2-8-15(9-3-12)24(20,21)16-17(23-11-19-16)22-10-13-4-6-14(18)7-5-13/h2-9,11H,10H2,1H3. The average molecular weight is 424 g/mol. The van der Waals surface area contributed by atoms with E-state index in [0.717, 1.165) is 15.6 Å². The molecule has 0 N–H and O–H groups in total. The van der Waals surface area contributed by atoms with Crippen LogP contribution in [-0.2, 0) is 16.4 Å². The molecule has 1 aromatic heterocycles. The van der Waals surface area contributed by atoms with E-state index in [-0.39, 0.29) is 16.5 Å². The fraction of sp³-hybridized carbons (Fsp3) is 0.118. The molecule has 1 heterocycles. The Morgan fingerprint density at radius 1 is 1.08 bits per heavy atom. The Morgan fingerprint density at radius 3 is 2.42 bits per heavy atom. The van der Waals surface area contributed by atoms with Crippen LogP contribution in [0.2, 0.25) is 0 Å². The second-order valence-electron chi connectivity index (χ2n) is 5.18. The predicted molar refractivity (Wildman–Crippen MR) is 97.2 cm³/mol. The van der Waals surface area contributed by atoms with Gasteiger partial charge in [-0.1, -0.05) is 57.1 Å². The number of hydrogen-bond donors (Lipinski definition) is 0. The lowest BCUT2D eigenvalue weighted by Gasteiger charge is -2.07. The molecular formula is C17H14BrNO3S2. The second kappa shape index (κ2) is 7.04. The van der Waals surface area contributed by atoms with Gasteiger partial charge in [-0.05, 0) is 36.8 Å². The molecule has 0 fully saturated rings. The van der Waals surface area contributed by atoms with Crippen LogP contribution in [0, 0.1) is 6.92 Å². The molecule has 0 bridgehead atoms. The molecule has 24 heavy (non-hydrogen) atoms. The molecule has 3 aromatic rings. The van der Waals surface area contributed by atoms with Gasteiger partial charge >= 0.3 is 0 Å². The molecule has 3 rings (SSSR count). The summed E-state index contributed by atoms with van der Waals surface area (Å²) in [5.41, 5.74) is 3.43. The molecule has 0 spiro atoms. The van der Waals surface area contributed by atoms with Gasteiger partial charge in [0.2, 0.25) is 19.9 Å². The number of aryl methyl sites for hydroxylation is 1. The minimum absolute atomic E-state index is 0.0338. The number of ether oxygens (including phenoxy) is 1. The van der Waals surface area contributed by atoms with Crippen LogP contribution in [0.4, 0.5) is 0 Å². The fourth-order valence-corrected chi connectivity index (χ4v) is 4.58. The van der Waals surface area contributed by atoms with Crippen molar-refractivity contribution < 1.29 is 13.2 Å². The van der Waals surface area contributed by atoms with Gasteiger partial charge in [-0.15, -0.1) is 0 Å². The second-order valence-corrected chi connectivity index (χ2v) is 8.77. The first-order valence-corrected chi connectivity index (χ1v) is 10.2. The summed E-state index contributed by atoms with van der Waals surface area (Å²) < 4.78 is 32.2. The Balaban J connectivity index is 1.84. The summed E-state index contributed by atoms with van der Waals surface area (Å²) in [6, 6.07) is 14.4. The third-order valence-electron chi connectivity index (χ3n) is 3.37. The van der Waals surface area contributed by atoms with Gasteiger partial charge in [0.15, 0.2) is 0 Å². The maximum absolute atomic E-state index is 12.7. The van der Waals surface area contributed by atoms with Crippen LogP contribution in [0.5, 0.6) is 5.06 Å². The monoisotopic (exact) mass is 423 g/mol. The average Bonchev–Trinajstić information content (AvgIpc) is 3.04. The molecule has 0 aliphatic carbocycles. The summed E-state index contributed by atoms with van der Waals surface area (Å²) in [5.74, 6) is 0. The van der Waals surface area contributed by atoms with Crippen molar-refractivity contribution in [2.75, 3.05) is 0 Å². The maximum Gasteiger partial charge on any atom is 0.228 e. The van der Waals surface area contributed by atoms with Gasteiger partial charge < -0.3 is 4.74 Å². The third-order valence-corrected chi connectivity index (χ3v) is 6.46. The largest absolute Gasteiger partial charge is 0.477 e. The molecule has 0 amide bonds. The van der Waals surface area contributed by atoms with Gasteiger partial charge in [0.05, 0.1) is 10.4 Å². The van der Waals surface area contributed by atoms with Crippen molar-refractivity contribution >= 4 is 37.1 Å². The highest BCUT2D eigenvalue weighted by Crippen LogP contribution is 2.32. The molecule has 0 saturated heterocycles. The van der Waals surface area contributed by atoms with E-state index in [1.54, 1.807) is 24.3 Å². The number of nitrogens with zero attached hydrogens (tertiary/aromatic N) is 1. The highest BCUT2D eigenvalue weighted by atomic mass is 79.9. The fourth-order valence-electron chi connectivity index (χ4n) is 2.06. The molecular weight excluding hydrogens is 410 g/mol. The Bertz CT molecular complexity index is 933. The van der Waals surface area contributed by atoms with E-state index >= 15 is 0 Å². The van der Waals surface area contributed by atoms with E-state index in [2.05, 4.69) is 20.9 Å². The Labute approximate surface area is 153 Å². The topological polar surface area (TPSA) is 56.3 Å². The SMILES string of the molecule is Cc1ccc(S(=O)(=O)c2ncsc2OCc2ccc(Br)cc2)cc1. The van der Waals surface area contributed by atoms with Gasteiger partial charge in [-0.2, -0.15) is 0 Å². The number of rotatable bonds is 5. The van der Waals surface area contributed by atoms with Gasteiger partial charge in [0, 0.05) is 4.47 Å². The van der Waals surface area contributed by atoms with E-state index < -0.39 is 9.84 Å². The van der Waals surface area contributed by atoms with Crippen LogP contribution in [-0.4, -0.2) is 13.4 Å². The lowest BCUT2D eigenvalue weighted by atomic mass is 10.2. The predicted octanol–water partition coefficient (Wildman–Crippen LogP) is 4.63. The summed E-state index contributed by atoms with van der Waals surface area (Å²) in [6.07, 6.45) is 0. The van der Waals surface area contributed by atoms with Gasteiger partial charge in [-0.25, -0.2) is 13.4 Å². The number of halogens is 1. The van der Waals surface area contributed by atoms with Crippen molar-refractivity contribution in [3.05, 3.63) is 69.6 Å². The van der Waals surface area contributed by atoms with Crippen molar-refractivity contribution in [1.29, 1.82) is 0 Å². The zero-order chi connectivity index (χ0) is 17.2. The molecule has 0 aliphatic heterocycles. The van der Waals surface area contributed by atoms with Crippen molar-refractivity contribution in [2.45, 2.75) is 23.5 Å². The smallest absolute Gasteiger partial charge is 0.228 e. The normalized spacial score (nSPS) is 11.4. The maximum atomic E-state index is 12.7. The molecule has 2 aromatic carbocycles. The summed E-state index contributed by atoms with van der Waals surface area (Å²) in [4.78, 5) is 4.23. The van der Waals surface area contributed by atoms with Crippen LogP contribution in [0.1, 0.15) is 11.1 Å². The van der Waals surface area contributed by atoms with Crippen molar-refractivity contribution in [3.8, 4) is 5.06 Å². The first kappa shape index (κ1) is 17.1. The van der Waals surface area contributed by atoms with E-state index in [4.69, 9.17) is 4.74 Å². The first-order chi connectivity index (χ1) is 11.5. The Kier molecular flexibility index (Phi) is 5.03. The number of hydrogen-bond acceptors (Lipinski definition) is 5. The van der Waals surface area contributed by atoms with Gasteiger partial charge in [-0.3, -0.25) is 0 Å². The van der Waals surface area contributed by atoms with Gasteiger partial charge in [0.1, 0.15) is 6.61 Å². The summed E-state index contributed by atoms with van der Waals surface area (Å²) >= 11 is 4.55. The van der Waals surface area contributed by atoms with Crippen LogP contribution in [0.25, 0.3) is 0 Å². The summed E-state index contributed by atoms with van der Waals surface area (Å²) in [5, 5.41) is 0.270. The highest BCUT2D eigenvalue weighted by molar-refractivity contribution is 9.10. The van der Waals surface area contributed by atoms with Crippen molar-refractivity contribution in [1.82, 2.24) is 4.98 Å². The van der Waals surface area contributed by atoms with E-state index in [0.29, 0.717) is 5.06 Å². The zero-order valence-electron chi connectivity index (χ0n) is 12.8. The molecule has 0 unspecified atom stereocenters. The van der Waals surface area contributed by atoms with Crippen LogP contribution >= 0.6 is 27.3 Å². The lowest BCUT2D eigenvalue weighted by molar-refractivity contribution is 0.306. The molecule has 0 saturated carbocycles. The number of thiazole rings is 1. The Hall–Kier alpha value is -1.70. The van der Waals surface area contributed by atoms with Gasteiger partial charge in [0.25, 0.3) is 0 Å². The number of sulfone groups is 1. The third kappa shape index (κ3) is 3.68. The summed E-state index contributed by atoms with van der Waals surface area (Å²) in [6.45, 7) is 2.19. The van der Waals surface area contributed by atoms with Crippen molar-refractivity contribution in [3.63, 3.8) is 0 Å². The molecule has 4 nitrogen and oxygen atoms in total. The lowest BCUT2D eigenvalue weighted by Crippen LogP contribution is -2.05. The number of benzene rings is 2. The van der Waals surface area contributed by atoms with E-state index in [9.17, 15) is 8.42 Å². The van der Waals surface area contributed by atoms with Crippen LogP contribution < -0.4 is 4.74 Å². The number of aromatic nitrogens is 1. The quantitative estimate of drug-likeness (QED) is 0.600. The van der Waals surface area contributed by atoms with E-state index in [1.165, 1.54) is 16.8 Å². The minimum Gasteiger partial charge on any atom is -0.477 e. The Morgan fingerprint density at radius 2 is 1.75 bits per heavy atom. The molecule has 0 atom stereocenters. The molecule has 7 heteroatoms. The minimum atomic E-state index is -3.69. The molecule has 0 aliphatic rings. The highest BCUT2D eigenvalue weighted by Gasteiger charge is 2.25. The zero-order valence-corrected chi connectivity index (χ0v) is 16.0. The van der Waals surface area contributed by atoms with Crippen LogP contribution in [0.15, 0.2) is 68.4 Å². The first-order valence-electron chi connectivity index (χ1n) is 7.09. The van der Waals surface area contributed by atoms with Crippen LogP contribution in [0.3, 0.4) is 0 Å². The van der Waals surface area contributed by atoms with E-state index in [1.807, 2.05) is 31.2 Å². The summed E-state index contributed by atoms with van der Waals surface area (Å²) in [7, 11) is -3.69. The molecule has 0 radical (unpaired) electrons. The molecule has 124 valence electrons. The van der Waals surface area contributed by atoms with Crippen molar-refractivity contribution in [2.24, 2.45) is 0 Å².